The lowest BCUT2D eigenvalue weighted by Gasteiger charge is -2.23. The number of aliphatic hydroxyl groups is 1. The van der Waals surface area contributed by atoms with Crippen LogP contribution in [0, 0.1) is 0 Å². The fraction of sp³-hybridized carbons (Fsp3) is 0.750. The van der Waals surface area contributed by atoms with Crippen LogP contribution in [0.4, 0.5) is 0 Å². The molecule has 0 aromatic rings. The number of ether oxygens (including phenoxy) is 3. The van der Waals surface area contributed by atoms with Gasteiger partial charge in [0.25, 0.3) is 5.79 Å². The lowest BCUT2D eigenvalue weighted by molar-refractivity contribution is -0.195. The highest BCUT2D eigenvalue weighted by atomic mass is 16.7. The van der Waals surface area contributed by atoms with Crippen molar-refractivity contribution in [3.8, 4) is 0 Å². The Kier molecular flexibility index (Phi) is 4.81. The molecule has 0 fully saturated rings. The van der Waals surface area contributed by atoms with Crippen molar-refractivity contribution in [2.24, 2.45) is 0 Å². The van der Waals surface area contributed by atoms with Gasteiger partial charge in [-0.05, 0) is 20.3 Å². The average molecular weight is 244 g/mol. The van der Waals surface area contributed by atoms with Gasteiger partial charge in [0.15, 0.2) is 0 Å². The summed E-state index contributed by atoms with van der Waals surface area (Å²) in [5.74, 6) is -2.21. The maximum Gasteiger partial charge on any atom is 0.380 e. The van der Waals surface area contributed by atoms with Gasteiger partial charge in [-0.3, -0.25) is 0 Å². The molecule has 1 N–H and O–H groups in total. The lowest BCUT2D eigenvalue weighted by Crippen LogP contribution is -2.32. The Morgan fingerprint density at radius 1 is 1.24 bits per heavy atom. The molecule has 17 heavy (non-hydrogen) atoms. The zero-order chi connectivity index (χ0) is 12.9. The first-order valence-corrected chi connectivity index (χ1v) is 6.05. The molecule has 0 radical (unpaired) electrons. The molecule has 0 aromatic carbocycles. The zero-order valence-corrected chi connectivity index (χ0v) is 10.6. The highest BCUT2D eigenvalue weighted by Crippen LogP contribution is 2.36. The van der Waals surface area contributed by atoms with Crippen molar-refractivity contribution in [1.82, 2.24) is 0 Å². The molecule has 1 aliphatic rings. The maximum absolute atomic E-state index is 11.6. The van der Waals surface area contributed by atoms with Crippen molar-refractivity contribution in [2.75, 3.05) is 13.2 Å². The number of hydrogen-bond acceptors (Lipinski definition) is 5. The quantitative estimate of drug-likeness (QED) is 0.691. The van der Waals surface area contributed by atoms with Gasteiger partial charge in [0.2, 0.25) is 11.5 Å². The van der Waals surface area contributed by atoms with E-state index < -0.39 is 11.8 Å². The second-order valence-electron chi connectivity index (χ2n) is 3.80. The molecule has 0 aromatic heterocycles. The van der Waals surface area contributed by atoms with Gasteiger partial charge >= 0.3 is 5.97 Å². The summed E-state index contributed by atoms with van der Waals surface area (Å²) < 4.78 is 15.5. The van der Waals surface area contributed by atoms with Gasteiger partial charge < -0.3 is 19.3 Å². The van der Waals surface area contributed by atoms with E-state index in [1.54, 1.807) is 13.8 Å². The van der Waals surface area contributed by atoms with Crippen LogP contribution >= 0.6 is 0 Å². The van der Waals surface area contributed by atoms with E-state index in [0.29, 0.717) is 19.6 Å². The van der Waals surface area contributed by atoms with Crippen LogP contribution in [-0.2, 0) is 19.0 Å². The molecule has 1 unspecified atom stereocenters. The summed E-state index contributed by atoms with van der Waals surface area (Å²) in [7, 11) is 0. The molecule has 98 valence electrons. The summed E-state index contributed by atoms with van der Waals surface area (Å²) >= 11 is 0. The number of unbranched alkanes of at least 4 members (excludes halogenated alkanes) is 1. The van der Waals surface area contributed by atoms with E-state index in [0.717, 1.165) is 12.8 Å². The van der Waals surface area contributed by atoms with Gasteiger partial charge in [-0.25, -0.2) is 4.79 Å². The number of carbonyl (C=O) groups excluding carboxylic acids is 1. The van der Waals surface area contributed by atoms with E-state index in [-0.39, 0.29) is 11.5 Å². The first kappa shape index (κ1) is 13.8. The van der Waals surface area contributed by atoms with Gasteiger partial charge in [0, 0.05) is 6.42 Å². The van der Waals surface area contributed by atoms with Crippen molar-refractivity contribution in [1.29, 1.82) is 0 Å². The highest BCUT2D eigenvalue weighted by molar-refractivity contribution is 5.90. The zero-order valence-electron chi connectivity index (χ0n) is 10.6. The van der Waals surface area contributed by atoms with E-state index in [1.807, 2.05) is 6.92 Å². The van der Waals surface area contributed by atoms with Gasteiger partial charge in [0.05, 0.1) is 13.2 Å². The Bertz CT molecular complexity index is 310. The molecule has 0 saturated heterocycles. The van der Waals surface area contributed by atoms with Crippen LogP contribution in [0.5, 0.6) is 0 Å². The standard InChI is InChI=1S/C12H20O5/c1-4-7-8-12(14)10(16-6-3)9(15-5-2)11(13)17-12/h14H,4-8H2,1-3H3. The molecule has 1 aliphatic heterocycles. The second kappa shape index (κ2) is 5.91. The summed E-state index contributed by atoms with van der Waals surface area (Å²) in [5, 5.41) is 10.3. The van der Waals surface area contributed by atoms with Crippen LogP contribution in [0.1, 0.15) is 40.0 Å². The number of esters is 1. The average Bonchev–Trinajstić information content (AvgIpc) is 2.52. The molecule has 0 saturated carbocycles. The van der Waals surface area contributed by atoms with Crippen molar-refractivity contribution in [3.05, 3.63) is 11.5 Å². The van der Waals surface area contributed by atoms with Gasteiger partial charge in [-0.15, -0.1) is 0 Å². The number of cyclic esters (lactones) is 1. The first-order chi connectivity index (χ1) is 8.09. The van der Waals surface area contributed by atoms with E-state index in [4.69, 9.17) is 14.2 Å². The van der Waals surface area contributed by atoms with Crippen LogP contribution < -0.4 is 0 Å². The minimum Gasteiger partial charge on any atom is -0.488 e. The summed E-state index contributed by atoms with van der Waals surface area (Å²) in [6.07, 6.45) is 1.95. The molecule has 0 spiro atoms. The monoisotopic (exact) mass is 244 g/mol. The van der Waals surface area contributed by atoms with E-state index in [2.05, 4.69) is 0 Å². The van der Waals surface area contributed by atoms with Crippen molar-refractivity contribution < 1.29 is 24.1 Å². The van der Waals surface area contributed by atoms with E-state index >= 15 is 0 Å². The first-order valence-electron chi connectivity index (χ1n) is 6.05. The minimum atomic E-state index is -1.66. The molecule has 1 rings (SSSR count). The molecule has 0 amide bonds. The van der Waals surface area contributed by atoms with E-state index in [9.17, 15) is 9.90 Å². The predicted molar refractivity (Wildman–Crippen MR) is 60.8 cm³/mol. The molecule has 5 heteroatoms. The van der Waals surface area contributed by atoms with Gasteiger partial charge in [-0.2, -0.15) is 0 Å². The Hall–Kier alpha value is -1.23. The fourth-order valence-electron chi connectivity index (χ4n) is 1.69. The van der Waals surface area contributed by atoms with Crippen molar-refractivity contribution >= 4 is 5.97 Å². The van der Waals surface area contributed by atoms with Crippen molar-refractivity contribution in [2.45, 2.75) is 45.8 Å². The van der Waals surface area contributed by atoms with Crippen LogP contribution in [0.3, 0.4) is 0 Å². The third-order valence-electron chi connectivity index (χ3n) is 2.45. The summed E-state index contributed by atoms with van der Waals surface area (Å²) in [6, 6.07) is 0. The number of hydrogen-bond donors (Lipinski definition) is 1. The second-order valence-corrected chi connectivity index (χ2v) is 3.80. The topological polar surface area (TPSA) is 65.0 Å². The predicted octanol–water partition coefficient (Wildman–Crippen LogP) is 1.71. The third kappa shape index (κ3) is 2.91. The molecule has 0 aliphatic carbocycles. The SMILES string of the molecule is CCCCC1(O)OC(=O)C(OCC)=C1OCC. The molecule has 1 heterocycles. The molecular formula is C12H20O5. The third-order valence-corrected chi connectivity index (χ3v) is 2.45. The highest BCUT2D eigenvalue weighted by Gasteiger charge is 2.49. The Balaban J connectivity index is 2.95. The number of carbonyl (C=O) groups is 1. The van der Waals surface area contributed by atoms with Crippen LogP contribution in [0.2, 0.25) is 0 Å². The molecule has 1 atom stereocenters. The minimum absolute atomic E-state index is 0.00652. The Morgan fingerprint density at radius 2 is 1.88 bits per heavy atom. The van der Waals surface area contributed by atoms with Crippen LogP contribution in [0.15, 0.2) is 11.5 Å². The number of rotatable bonds is 7. The molecule has 0 bridgehead atoms. The maximum atomic E-state index is 11.6. The van der Waals surface area contributed by atoms with E-state index in [1.165, 1.54) is 0 Å². The molecular weight excluding hydrogens is 224 g/mol. The van der Waals surface area contributed by atoms with Crippen LogP contribution in [-0.4, -0.2) is 30.1 Å². The Morgan fingerprint density at radius 3 is 2.41 bits per heavy atom. The van der Waals surface area contributed by atoms with Crippen LogP contribution in [0.25, 0.3) is 0 Å². The van der Waals surface area contributed by atoms with Crippen molar-refractivity contribution in [3.63, 3.8) is 0 Å². The van der Waals surface area contributed by atoms with Gasteiger partial charge in [-0.1, -0.05) is 13.3 Å². The normalized spacial score (nSPS) is 23.9. The summed E-state index contributed by atoms with van der Waals surface area (Å²) in [5.41, 5.74) is 0. The summed E-state index contributed by atoms with van der Waals surface area (Å²) in [6.45, 7) is 6.20. The largest absolute Gasteiger partial charge is 0.488 e. The summed E-state index contributed by atoms with van der Waals surface area (Å²) in [4.78, 5) is 11.6. The fourth-order valence-corrected chi connectivity index (χ4v) is 1.69. The molecule has 5 nitrogen and oxygen atoms in total. The lowest BCUT2D eigenvalue weighted by atomic mass is 10.1. The Labute approximate surface area is 101 Å². The van der Waals surface area contributed by atoms with Gasteiger partial charge in [0.1, 0.15) is 0 Å². The smallest absolute Gasteiger partial charge is 0.380 e.